The minimum atomic E-state index is -2.54. The van der Waals surface area contributed by atoms with Crippen LogP contribution in [0, 0.1) is 11.8 Å². The van der Waals surface area contributed by atoms with Crippen molar-refractivity contribution >= 4 is 0 Å². The van der Waals surface area contributed by atoms with E-state index in [0.29, 0.717) is 0 Å². The summed E-state index contributed by atoms with van der Waals surface area (Å²) in [6, 6.07) is 0. The van der Waals surface area contributed by atoms with E-state index in [1.165, 1.54) is 0 Å². The second-order valence-corrected chi connectivity index (χ2v) is 3.98. The summed E-state index contributed by atoms with van der Waals surface area (Å²) >= 11 is 0. The number of halogens is 4. The van der Waals surface area contributed by atoms with Gasteiger partial charge in [-0.2, -0.15) is 0 Å². The van der Waals surface area contributed by atoms with Crippen molar-refractivity contribution in [2.24, 2.45) is 11.8 Å². The monoisotopic (exact) mass is 197 g/mol. The Balaban J connectivity index is 1.56. The Morgan fingerprint density at radius 3 is 1.46 bits per heavy atom. The van der Waals surface area contributed by atoms with Crippen LogP contribution in [-0.2, 0) is 0 Å². The molecule has 0 radical (unpaired) electrons. The lowest BCUT2D eigenvalue weighted by molar-refractivity contribution is 0.0940. The number of nitrogens with one attached hydrogen (secondary N) is 1. The van der Waals surface area contributed by atoms with Crippen LogP contribution in [0.1, 0.15) is 12.8 Å². The van der Waals surface area contributed by atoms with Crippen LogP contribution >= 0.6 is 0 Å². The SMILES string of the molecule is FC1(F)C[C@@H]1CNC[C@H]1CC1(F)F. The summed E-state index contributed by atoms with van der Waals surface area (Å²) in [7, 11) is 0. The van der Waals surface area contributed by atoms with E-state index in [-0.39, 0.29) is 25.9 Å². The number of alkyl halides is 4. The zero-order valence-corrected chi connectivity index (χ0v) is 6.99. The van der Waals surface area contributed by atoms with Crippen LogP contribution < -0.4 is 5.32 Å². The van der Waals surface area contributed by atoms with Gasteiger partial charge in [-0.15, -0.1) is 0 Å². The fraction of sp³-hybridized carbons (Fsp3) is 1.00. The standard InChI is InChI=1S/C8H11F4N/c9-7(10)1-5(7)3-13-4-6-2-8(6,11)12/h5-6,13H,1-4H2/t5-,6-/m1/s1. The Bertz CT molecular complexity index is 194. The molecule has 2 rings (SSSR count). The van der Waals surface area contributed by atoms with Gasteiger partial charge in [-0.25, -0.2) is 17.6 Å². The molecule has 2 atom stereocenters. The van der Waals surface area contributed by atoms with Crippen molar-refractivity contribution in [2.75, 3.05) is 13.1 Å². The van der Waals surface area contributed by atoms with Gasteiger partial charge in [-0.05, 0) is 0 Å². The van der Waals surface area contributed by atoms with E-state index >= 15 is 0 Å². The Labute approximate surface area is 73.5 Å². The molecule has 0 spiro atoms. The quantitative estimate of drug-likeness (QED) is 0.678. The zero-order chi connectivity index (χ0) is 9.69. The first-order valence-corrected chi connectivity index (χ1v) is 4.38. The second kappa shape index (κ2) is 2.59. The van der Waals surface area contributed by atoms with Crippen molar-refractivity contribution in [3.05, 3.63) is 0 Å². The molecule has 0 unspecified atom stereocenters. The number of rotatable bonds is 4. The maximum atomic E-state index is 12.3. The minimum Gasteiger partial charge on any atom is -0.316 e. The summed E-state index contributed by atoms with van der Waals surface area (Å²) in [6.07, 6.45) is -0.192. The Kier molecular flexibility index (Phi) is 1.84. The van der Waals surface area contributed by atoms with E-state index in [1.54, 1.807) is 0 Å². The normalized spacial score (nSPS) is 38.8. The van der Waals surface area contributed by atoms with Crippen LogP contribution in [0.15, 0.2) is 0 Å². The van der Waals surface area contributed by atoms with Gasteiger partial charge < -0.3 is 5.32 Å². The van der Waals surface area contributed by atoms with E-state index in [1.807, 2.05) is 0 Å². The third-order valence-electron chi connectivity index (χ3n) is 2.69. The molecular formula is C8H11F4N. The van der Waals surface area contributed by atoms with Gasteiger partial charge in [0.2, 0.25) is 0 Å². The Hall–Kier alpha value is -0.320. The Morgan fingerprint density at radius 1 is 0.923 bits per heavy atom. The van der Waals surface area contributed by atoms with E-state index in [4.69, 9.17) is 0 Å². The van der Waals surface area contributed by atoms with Gasteiger partial charge in [0.1, 0.15) is 0 Å². The highest BCUT2D eigenvalue weighted by Crippen LogP contribution is 2.49. The van der Waals surface area contributed by atoms with Crippen LogP contribution in [0.25, 0.3) is 0 Å². The van der Waals surface area contributed by atoms with Crippen molar-refractivity contribution in [3.8, 4) is 0 Å². The van der Waals surface area contributed by atoms with Gasteiger partial charge in [0.15, 0.2) is 0 Å². The molecule has 0 aromatic rings. The zero-order valence-electron chi connectivity index (χ0n) is 6.99. The highest BCUT2D eigenvalue weighted by atomic mass is 19.3. The molecule has 13 heavy (non-hydrogen) atoms. The van der Waals surface area contributed by atoms with Crippen LogP contribution in [0.2, 0.25) is 0 Å². The smallest absolute Gasteiger partial charge is 0.252 e. The highest BCUT2D eigenvalue weighted by Gasteiger charge is 2.58. The third-order valence-corrected chi connectivity index (χ3v) is 2.69. The predicted octanol–water partition coefficient (Wildman–Crippen LogP) is 1.89. The molecule has 2 saturated carbocycles. The lowest BCUT2D eigenvalue weighted by atomic mass is 10.3. The molecule has 0 aromatic carbocycles. The molecule has 2 fully saturated rings. The van der Waals surface area contributed by atoms with Crippen molar-refractivity contribution < 1.29 is 17.6 Å². The summed E-state index contributed by atoms with van der Waals surface area (Å²) < 4.78 is 49.2. The lowest BCUT2D eigenvalue weighted by Crippen LogP contribution is -2.23. The molecule has 2 aliphatic rings. The first-order chi connectivity index (χ1) is 5.92. The summed E-state index contributed by atoms with van der Waals surface area (Å²) in [5.74, 6) is -6.34. The van der Waals surface area contributed by atoms with Crippen LogP contribution in [-0.4, -0.2) is 24.9 Å². The fourth-order valence-corrected chi connectivity index (χ4v) is 1.41. The molecule has 5 heteroatoms. The van der Waals surface area contributed by atoms with E-state index in [2.05, 4.69) is 5.32 Å². The Morgan fingerprint density at radius 2 is 1.23 bits per heavy atom. The summed E-state index contributed by atoms with van der Waals surface area (Å²) in [4.78, 5) is 0. The van der Waals surface area contributed by atoms with Gasteiger partial charge in [0.25, 0.3) is 11.8 Å². The van der Waals surface area contributed by atoms with Crippen molar-refractivity contribution in [2.45, 2.75) is 24.7 Å². The average Bonchev–Trinajstić information content (AvgIpc) is 2.75. The van der Waals surface area contributed by atoms with Gasteiger partial charge in [-0.3, -0.25) is 0 Å². The maximum absolute atomic E-state index is 12.3. The van der Waals surface area contributed by atoms with E-state index in [0.717, 1.165) is 0 Å². The molecule has 0 bridgehead atoms. The number of hydrogen-bond donors (Lipinski definition) is 1. The lowest BCUT2D eigenvalue weighted by Gasteiger charge is -2.02. The van der Waals surface area contributed by atoms with Crippen molar-refractivity contribution in [1.82, 2.24) is 5.32 Å². The molecule has 0 aromatic heterocycles. The van der Waals surface area contributed by atoms with Gasteiger partial charge in [-0.1, -0.05) is 0 Å². The van der Waals surface area contributed by atoms with Crippen molar-refractivity contribution in [1.29, 1.82) is 0 Å². The first kappa shape index (κ1) is 9.24. The topological polar surface area (TPSA) is 12.0 Å². The van der Waals surface area contributed by atoms with Gasteiger partial charge in [0.05, 0.1) is 0 Å². The predicted molar refractivity (Wildman–Crippen MR) is 39.0 cm³/mol. The number of hydrogen-bond acceptors (Lipinski definition) is 1. The fourth-order valence-electron chi connectivity index (χ4n) is 1.41. The summed E-state index contributed by atoms with van der Waals surface area (Å²) in [5, 5.41) is 2.66. The summed E-state index contributed by atoms with van der Waals surface area (Å²) in [6.45, 7) is 0.333. The van der Waals surface area contributed by atoms with E-state index < -0.39 is 23.7 Å². The third kappa shape index (κ3) is 1.95. The molecule has 0 saturated heterocycles. The van der Waals surface area contributed by atoms with Crippen LogP contribution in [0.5, 0.6) is 0 Å². The van der Waals surface area contributed by atoms with Crippen molar-refractivity contribution in [3.63, 3.8) is 0 Å². The molecule has 0 amide bonds. The van der Waals surface area contributed by atoms with Crippen LogP contribution in [0.4, 0.5) is 17.6 Å². The molecule has 2 aliphatic carbocycles. The maximum Gasteiger partial charge on any atom is 0.252 e. The second-order valence-electron chi connectivity index (χ2n) is 3.98. The molecule has 76 valence electrons. The van der Waals surface area contributed by atoms with Gasteiger partial charge in [0, 0.05) is 37.8 Å². The molecule has 1 nitrogen and oxygen atoms in total. The highest BCUT2D eigenvalue weighted by molar-refractivity contribution is 4.99. The first-order valence-electron chi connectivity index (χ1n) is 4.38. The van der Waals surface area contributed by atoms with Crippen LogP contribution in [0.3, 0.4) is 0 Å². The molecule has 0 heterocycles. The van der Waals surface area contributed by atoms with Gasteiger partial charge >= 0.3 is 0 Å². The summed E-state index contributed by atoms with van der Waals surface area (Å²) in [5.41, 5.74) is 0. The average molecular weight is 197 g/mol. The molecular weight excluding hydrogens is 186 g/mol. The minimum absolute atomic E-state index is 0.0962. The van der Waals surface area contributed by atoms with E-state index in [9.17, 15) is 17.6 Å². The largest absolute Gasteiger partial charge is 0.316 e. The molecule has 0 aliphatic heterocycles. The molecule has 1 N–H and O–H groups in total.